The predicted molar refractivity (Wildman–Crippen MR) is 84.5 cm³/mol. The van der Waals surface area contributed by atoms with Crippen LogP contribution in [0.25, 0.3) is 5.57 Å². The van der Waals surface area contributed by atoms with E-state index in [-0.39, 0.29) is 5.92 Å². The van der Waals surface area contributed by atoms with E-state index in [4.69, 9.17) is 0 Å². The zero-order valence-electron chi connectivity index (χ0n) is 10.5. The second kappa shape index (κ2) is 5.77. The van der Waals surface area contributed by atoms with Gasteiger partial charge in [0.2, 0.25) is 0 Å². The van der Waals surface area contributed by atoms with Crippen LogP contribution < -0.4 is 0 Å². The molecule has 1 heterocycles. The molecule has 0 radical (unpaired) electrons. The minimum atomic E-state index is 0.272. The van der Waals surface area contributed by atoms with Gasteiger partial charge in [0.05, 0.1) is 0 Å². The Balaban J connectivity index is 1.96. The van der Waals surface area contributed by atoms with Crippen molar-refractivity contribution in [2.75, 3.05) is 0 Å². The molecule has 0 fully saturated rings. The fourth-order valence-electron chi connectivity index (χ4n) is 2.21. The van der Waals surface area contributed by atoms with Crippen LogP contribution in [0.2, 0.25) is 0 Å². The zero-order chi connectivity index (χ0) is 13.1. The number of hydrogen-bond acceptors (Lipinski definition) is 3. The molecular weight excluding hydrogens is 349 g/mol. The molecule has 1 aromatic rings. The van der Waals surface area contributed by atoms with Crippen molar-refractivity contribution in [2.45, 2.75) is 25.2 Å². The van der Waals surface area contributed by atoms with Gasteiger partial charge >= 0.3 is 0 Å². The average molecular weight is 363 g/mol. The summed E-state index contributed by atoms with van der Waals surface area (Å²) in [6, 6.07) is 0. The van der Waals surface area contributed by atoms with E-state index in [1.807, 2.05) is 0 Å². The number of hydrogen-bond donors (Lipinski definition) is 0. The first-order chi connectivity index (χ1) is 9.33. The summed E-state index contributed by atoms with van der Waals surface area (Å²) in [7, 11) is 0. The third kappa shape index (κ3) is 3.00. The first-order valence-electron chi connectivity index (χ1n) is 6.45. The van der Waals surface area contributed by atoms with Crippen molar-refractivity contribution in [3.63, 3.8) is 0 Å². The standard InChI is InChI=1S/C15H14IN3/c16-15-18-13(11-7-3-1-4-8-11)17-14(19-15)12-9-5-2-6-10-12/h1,3-5,7,9-11H,2,6,8H2. The number of halogens is 1. The van der Waals surface area contributed by atoms with Crippen LogP contribution >= 0.6 is 22.6 Å². The van der Waals surface area contributed by atoms with Gasteiger partial charge in [0.25, 0.3) is 0 Å². The van der Waals surface area contributed by atoms with Gasteiger partial charge in [-0.1, -0.05) is 42.5 Å². The summed E-state index contributed by atoms with van der Waals surface area (Å²) in [6.07, 6.45) is 18.0. The molecule has 0 bridgehead atoms. The minimum Gasteiger partial charge on any atom is -0.212 e. The van der Waals surface area contributed by atoms with Crippen molar-refractivity contribution >= 4 is 28.2 Å². The van der Waals surface area contributed by atoms with Gasteiger partial charge in [-0.3, -0.25) is 0 Å². The van der Waals surface area contributed by atoms with Gasteiger partial charge in [0.1, 0.15) is 5.82 Å². The lowest BCUT2D eigenvalue weighted by Gasteiger charge is -2.13. The summed E-state index contributed by atoms with van der Waals surface area (Å²) in [6.45, 7) is 0. The maximum Gasteiger partial charge on any atom is 0.194 e. The number of aromatic nitrogens is 3. The van der Waals surface area contributed by atoms with Gasteiger partial charge in [-0.15, -0.1) is 0 Å². The van der Waals surface area contributed by atoms with Crippen molar-refractivity contribution in [3.05, 3.63) is 58.0 Å². The zero-order valence-corrected chi connectivity index (χ0v) is 12.6. The van der Waals surface area contributed by atoms with Gasteiger partial charge < -0.3 is 0 Å². The SMILES string of the molecule is Ic1nc(C2=CCCC=C2)nc(C2C=CC=CC2)n1. The fraction of sp³-hybridized carbons (Fsp3) is 0.267. The first-order valence-corrected chi connectivity index (χ1v) is 7.53. The second-order valence-electron chi connectivity index (χ2n) is 4.58. The molecule has 3 nitrogen and oxygen atoms in total. The maximum absolute atomic E-state index is 4.65. The van der Waals surface area contributed by atoms with Crippen molar-refractivity contribution in [2.24, 2.45) is 0 Å². The minimum absolute atomic E-state index is 0.272. The highest BCUT2D eigenvalue weighted by Crippen LogP contribution is 2.24. The van der Waals surface area contributed by atoms with Crippen LogP contribution in [0, 0.1) is 3.83 Å². The number of rotatable bonds is 2. The van der Waals surface area contributed by atoms with Gasteiger partial charge in [-0.2, -0.15) is 0 Å². The average Bonchev–Trinajstić information content (AvgIpc) is 2.48. The summed E-state index contributed by atoms with van der Waals surface area (Å²) >= 11 is 2.17. The molecule has 0 spiro atoms. The molecule has 96 valence electrons. The molecule has 3 rings (SSSR count). The third-order valence-corrected chi connectivity index (χ3v) is 3.67. The van der Waals surface area contributed by atoms with Crippen LogP contribution in [0.5, 0.6) is 0 Å². The van der Waals surface area contributed by atoms with E-state index in [0.717, 1.165) is 40.3 Å². The highest BCUT2D eigenvalue weighted by Gasteiger charge is 2.15. The summed E-state index contributed by atoms with van der Waals surface area (Å²) in [5.74, 6) is 1.94. The molecule has 1 aromatic heterocycles. The molecule has 1 atom stereocenters. The van der Waals surface area contributed by atoms with Crippen LogP contribution in [0.3, 0.4) is 0 Å². The largest absolute Gasteiger partial charge is 0.212 e. The molecule has 4 heteroatoms. The number of nitrogens with zero attached hydrogens (tertiary/aromatic N) is 3. The molecule has 0 saturated heterocycles. The van der Waals surface area contributed by atoms with Gasteiger partial charge in [0, 0.05) is 34.1 Å². The Morgan fingerprint density at radius 2 is 2.00 bits per heavy atom. The topological polar surface area (TPSA) is 38.7 Å². The van der Waals surface area contributed by atoms with E-state index in [9.17, 15) is 0 Å². The fourth-order valence-corrected chi connectivity index (χ4v) is 2.69. The Labute approximate surface area is 126 Å². The Morgan fingerprint density at radius 3 is 2.74 bits per heavy atom. The highest BCUT2D eigenvalue weighted by atomic mass is 127. The van der Waals surface area contributed by atoms with E-state index in [1.54, 1.807) is 0 Å². The van der Waals surface area contributed by atoms with Crippen molar-refractivity contribution in [1.82, 2.24) is 15.0 Å². The Morgan fingerprint density at radius 1 is 1.05 bits per heavy atom. The van der Waals surface area contributed by atoms with Crippen LogP contribution in [0.1, 0.15) is 36.8 Å². The van der Waals surface area contributed by atoms with E-state index in [2.05, 4.69) is 80.1 Å². The molecule has 19 heavy (non-hydrogen) atoms. The van der Waals surface area contributed by atoms with E-state index < -0.39 is 0 Å². The molecule has 1 unspecified atom stereocenters. The molecule has 2 aliphatic rings. The predicted octanol–water partition coefficient (Wildman–Crippen LogP) is 3.81. The quantitative estimate of drug-likeness (QED) is 0.750. The van der Waals surface area contributed by atoms with E-state index in [1.165, 1.54) is 0 Å². The maximum atomic E-state index is 4.65. The molecular formula is C15H14IN3. The van der Waals surface area contributed by atoms with Gasteiger partial charge in [0.15, 0.2) is 9.66 Å². The molecule has 0 amide bonds. The Hall–Kier alpha value is -1.30. The smallest absolute Gasteiger partial charge is 0.194 e. The molecule has 0 aliphatic heterocycles. The molecule has 0 saturated carbocycles. The summed E-state index contributed by atoms with van der Waals surface area (Å²) < 4.78 is 0.764. The van der Waals surface area contributed by atoms with Crippen LogP contribution in [0.4, 0.5) is 0 Å². The van der Waals surface area contributed by atoms with Crippen molar-refractivity contribution < 1.29 is 0 Å². The first kappa shape index (κ1) is 12.7. The van der Waals surface area contributed by atoms with Gasteiger partial charge in [-0.25, -0.2) is 15.0 Å². The number of allylic oxidation sites excluding steroid dienone is 8. The monoisotopic (exact) mass is 363 g/mol. The molecule has 0 aromatic carbocycles. The Bertz CT molecular complexity index is 599. The molecule has 0 N–H and O–H groups in total. The third-order valence-electron chi connectivity index (χ3n) is 3.19. The van der Waals surface area contributed by atoms with Crippen LogP contribution in [-0.4, -0.2) is 15.0 Å². The lowest BCUT2D eigenvalue weighted by Crippen LogP contribution is -2.09. The summed E-state index contributed by atoms with van der Waals surface area (Å²) in [5, 5.41) is 0. The van der Waals surface area contributed by atoms with E-state index >= 15 is 0 Å². The summed E-state index contributed by atoms with van der Waals surface area (Å²) in [5.41, 5.74) is 1.11. The van der Waals surface area contributed by atoms with Crippen molar-refractivity contribution in [1.29, 1.82) is 0 Å². The van der Waals surface area contributed by atoms with Crippen LogP contribution in [0.15, 0.2) is 42.5 Å². The Kier molecular flexibility index (Phi) is 3.87. The highest BCUT2D eigenvalue weighted by molar-refractivity contribution is 14.1. The second-order valence-corrected chi connectivity index (χ2v) is 5.55. The lowest BCUT2D eigenvalue weighted by atomic mass is 10.00. The normalized spacial score (nSPS) is 21.5. The van der Waals surface area contributed by atoms with E-state index in [0.29, 0.717) is 0 Å². The lowest BCUT2D eigenvalue weighted by molar-refractivity contribution is 0.744. The van der Waals surface area contributed by atoms with Crippen LogP contribution in [-0.2, 0) is 0 Å². The van der Waals surface area contributed by atoms with Crippen molar-refractivity contribution in [3.8, 4) is 0 Å². The molecule has 2 aliphatic carbocycles. The summed E-state index contributed by atoms with van der Waals surface area (Å²) in [4.78, 5) is 13.6. The van der Waals surface area contributed by atoms with Gasteiger partial charge in [-0.05, 0) is 19.3 Å².